The van der Waals surface area contributed by atoms with E-state index in [1.807, 2.05) is 0 Å². The molecule has 0 fully saturated rings. The number of aromatic nitrogens is 4. The summed E-state index contributed by atoms with van der Waals surface area (Å²) in [7, 11) is 0. The van der Waals surface area contributed by atoms with Crippen molar-refractivity contribution in [1.82, 2.24) is 19.9 Å². The standard InChI is InChI=1S/C5H5N5O.Rf/c6-5-9-3-2(4(11)10-5)7-1-8-3;/h1H,(H4,6,7,8,9,10,11);/p-1. The van der Waals surface area contributed by atoms with Crippen molar-refractivity contribution in [2.75, 3.05) is 5.73 Å². The molecule has 0 aromatic carbocycles. The van der Waals surface area contributed by atoms with E-state index in [-0.39, 0.29) is 22.7 Å². The molecule has 0 saturated carbocycles. The SMILES string of the molecule is Nc1nc2[n-]cnc2c(=O)[nH]1.[Rf]. The molecule has 0 atom stereocenters. The summed E-state index contributed by atoms with van der Waals surface area (Å²) in [5.74, 6) is 0.0583. The Morgan fingerprint density at radius 1 is 1.58 bits per heavy atom. The van der Waals surface area contributed by atoms with Crippen LogP contribution in [0.4, 0.5) is 5.95 Å². The van der Waals surface area contributed by atoms with Crippen LogP contribution in [-0.2, 0) is 0 Å². The number of nitrogens with zero attached hydrogens (tertiary/aromatic N) is 3. The summed E-state index contributed by atoms with van der Waals surface area (Å²) in [6.45, 7) is 0. The topological polar surface area (TPSA) is 98.8 Å². The van der Waals surface area contributed by atoms with E-state index in [0.29, 0.717) is 0 Å². The van der Waals surface area contributed by atoms with Crippen molar-refractivity contribution >= 4 is 17.1 Å². The first-order valence-corrected chi connectivity index (χ1v) is 2.90. The van der Waals surface area contributed by atoms with Gasteiger partial charge in [0.05, 0.1) is 5.52 Å². The zero-order chi connectivity index (χ0) is 7.84. The first-order chi connectivity index (χ1) is 5.27. The average Bonchev–Trinajstić information content (AvgIpc) is 2.34. The number of rotatable bonds is 0. The zero-order valence-electron chi connectivity index (χ0n) is 6.11. The predicted octanol–water partition coefficient (Wildman–Crippen LogP) is -1.14. The molecule has 0 aliphatic carbocycles. The van der Waals surface area contributed by atoms with E-state index in [2.05, 4.69) is 19.9 Å². The van der Waals surface area contributed by atoms with Crippen LogP contribution in [0.3, 0.4) is 0 Å². The molecule has 0 amide bonds. The van der Waals surface area contributed by atoms with E-state index in [4.69, 9.17) is 5.73 Å². The Morgan fingerprint density at radius 2 is 2.33 bits per heavy atom. The molecular formula is C5H4N5ORf-. The number of nitrogens with two attached hydrogens (primary N) is 1. The number of aromatic amines is 1. The van der Waals surface area contributed by atoms with Crippen LogP contribution < -0.4 is 16.3 Å². The Balaban J connectivity index is 0.000000720. The summed E-state index contributed by atoms with van der Waals surface area (Å²) in [5, 5.41) is 0. The molecule has 2 aromatic heterocycles. The molecule has 0 saturated heterocycles. The monoisotopic (exact) mass is 417 g/mol. The van der Waals surface area contributed by atoms with E-state index in [1.54, 1.807) is 0 Å². The Labute approximate surface area is 60.5 Å². The Morgan fingerprint density at radius 3 is 3.08 bits per heavy atom. The molecule has 6 nitrogen and oxygen atoms in total. The van der Waals surface area contributed by atoms with E-state index in [0.717, 1.165) is 0 Å². The van der Waals surface area contributed by atoms with Crippen LogP contribution in [0.25, 0.3) is 11.2 Å². The minimum atomic E-state index is -0.356. The van der Waals surface area contributed by atoms with Crippen LogP contribution in [0.15, 0.2) is 11.1 Å². The summed E-state index contributed by atoms with van der Waals surface area (Å²) in [6.07, 6.45) is 1.27. The number of hydrogen-bond donors (Lipinski definition) is 2. The van der Waals surface area contributed by atoms with Gasteiger partial charge in [-0.15, -0.1) is 0 Å². The molecule has 2 aromatic rings. The quantitative estimate of drug-likeness (QED) is 0.565. The summed E-state index contributed by atoms with van der Waals surface area (Å²) in [6, 6.07) is 0. The second-order valence-electron chi connectivity index (χ2n) is 2.00. The molecule has 0 aliphatic rings. The maximum Gasteiger partial charge on any atom is 0.260 e. The molecule has 0 radical (unpaired) electrons. The molecule has 0 unspecified atom stereocenters. The third-order valence-corrected chi connectivity index (χ3v) is 1.26. The molecule has 7 heteroatoms. The van der Waals surface area contributed by atoms with Gasteiger partial charge in [0.1, 0.15) is 5.95 Å². The minimum absolute atomic E-state index is 0. The van der Waals surface area contributed by atoms with Crippen molar-refractivity contribution in [2.24, 2.45) is 0 Å². The van der Waals surface area contributed by atoms with Crippen molar-refractivity contribution in [3.05, 3.63) is 16.7 Å². The van der Waals surface area contributed by atoms with Crippen LogP contribution in [0.1, 0.15) is 0 Å². The van der Waals surface area contributed by atoms with Gasteiger partial charge in [0.15, 0.2) is 0 Å². The van der Waals surface area contributed by atoms with E-state index < -0.39 is 0 Å². The normalized spacial score (nSPS) is 9.67. The number of anilines is 1. The largest absolute Gasteiger partial charge is 0.382 e. The van der Waals surface area contributed by atoms with Gasteiger partial charge in [-0.2, -0.15) is 0 Å². The van der Waals surface area contributed by atoms with Crippen molar-refractivity contribution in [3.63, 3.8) is 0 Å². The summed E-state index contributed by atoms with van der Waals surface area (Å²) < 4.78 is 0. The van der Waals surface area contributed by atoms with Crippen LogP contribution in [0, 0.1) is 0 Å². The van der Waals surface area contributed by atoms with Gasteiger partial charge in [0, 0.05) is 5.65 Å². The Kier molecular flexibility index (Phi) is 1.26. The number of H-pyrrole nitrogens is 1. The van der Waals surface area contributed by atoms with Gasteiger partial charge in [0.25, 0.3) is 5.56 Å². The maximum atomic E-state index is 11.0. The number of nitrogen functional groups attached to an aromatic ring is 1. The molecule has 12 heavy (non-hydrogen) atoms. The number of hydrogen-bond acceptors (Lipinski definition) is 4. The summed E-state index contributed by atoms with van der Waals surface area (Å²) in [4.78, 5) is 24.4. The van der Waals surface area contributed by atoms with E-state index >= 15 is 0 Å². The smallest absolute Gasteiger partial charge is 0.260 e. The Hall–Kier alpha value is -2.85. The predicted molar refractivity (Wildman–Crippen MR) is 37.9 cm³/mol. The van der Waals surface area contributed by atoms with Gasteiger partial charge in [-0.25, -0.2) is 0 Å². The number of fused-ring (bicyclic) bond motifs is 1. The van der Waals surface area contributed by atoms with Crippen molar-refractivity contribution in [2.45, 2.75) is 0 Å². The van der Waals surface area contributed by atoms with Crippen LogP contribution >= 0.6 is 0 Å². The van der Waals surface area contributed by atoms with E-state index in [1.165, 1.54) is 6.33 Å². The Bertz CT molecular complexity index is 446. The zero-order valence-corrected chi connectivity index (χ0v) is 12.5. The van der Waals surface area contributed by atoms with Crippen LogP contribution in [0.5, 0.6) is 0 Å². The van der Waals surface area contributed by atoms with Gasteiger partial charge in [0.2, 0.25) is 0 Å². The van der Waals surface area contributed by atoms with Crippen LogP contribution in [0.2, 0.25) is 0 Å². The van der Waals surface area contributed by atoms with E-state index in [9.17, 15) is 4.79 Å². The first-order valence-electron chi connectivity index (χ1n) is 2.90. The fourth-order valence-electron chi connectivity index (χ4n) is 0.820. The van der Waals surface area contributed by atoms with Gasteiger partial charge < -0.3 is 25.7 Å². The van der Waals surface area contributed by atoms with Gasteiger partial charge >= 0.3 is 0 Å². The van der Waals surface area contributed by atoms with Crippen molar-refractivity contribution < 1.29 is 0 Å². The first kappa shape index (κ1) is 7.26. The molecule has 3 N–H and O–H groups in total. The second kappa shape index (κ2) is 2.08. The minimum Gasteiger partial charge on any atom is -0.382 e. The molecule has 2 heterocycles. The fraction of sp³-hybridized carbons (Fsp3) is 0. The molecule has 58 valence electrons. The fourth-order valence-corrected chi connectivity index (χ4v) is 0.820. The summed E-state index contributed by atoms with van der Waals surface area (Å²) >= 11 is 0. The van der Waals surface area contributed by atoms with Gasteiger partial charge in [-0.3, -0.25) is 4.79 Å². The van der Waals surface area contributed by atoms with Gasteiger partial charge in [-0.05, 0) is 6.33 Å². The number of nitrogens with one attached hydrogen (secondary N) is 1. The summed E-state index contributed by atoms with van der Waals surface area (Å²) in [5.41, 5.74) is 5.40. The third kappa shape index (κ3) is 0.737. The third-order valence-electron chi connectivity index (χ3n) is 1.26. The van der Waals surface area contributed by atoms with Crippen molar-refractivity contribution in [3.8, 4) is 0 Å². The van der Waals surface area contributed by atoms with Gasteiger partial charge in [-0.1, -0.05) is 0 Å². The number of imidazole rings is 1. The second-order valence-corrected chi connectivity index (χ2v) is 2.00. The maximum absolute atomic E-state index is 11.0. The average molecular weight is 417 g/mol. The molecule has 0 bridgehead atoms. The molecule has 0 spiro atoms. The molecule has 0 aliphatic heterocycles. The van der Waals surface area contributed by atoms with Crippen LogP contribution in [-0.4, -0.2) is 15.0 Å². The van der Waals surface area contributed by atoms with Crippen molar-refractivity contribution in [1.29, 1.82) is 0 Å². The molecule has 2 rings (SSSR count). The molecular weight excluding hydrogens is 413 g/mol.